The number of hydrogen-bond donors (Lipinski definition) is 0. The van der Waals surface area contributed by atoms with Gasteiger partial charge in [0.25, 0.3) is 0 Å². The summed E-state index contributed by atoms with van der Waals surface area (Å²) in [5.41, 5.74) is 2.83. The third kappa shape index (κ3) is 1.83. The van der Waals surface area contributed by atoms with Gasteiger partial charge in [0, 0.05) is 0 Å². The zero-order chi connectivity index (χ0) is 9.84. The number of aliphatic imine (C=N–C) groups is 2. The molecule has 0 saturated heterocycles. The fraction of sp³-hybridized carbons (Fsp3) is 0.273. The van der Waals surface area contributed by atoms with Crippen molar-refractivity contribution in [3.63, 3.8) is 0 Å². The molecule has 0 N–H and O–H groups in total. The van der Waals surface area contributed by atoms with E-state index in [0.717, 1.165) is 11.4 Å². The van der Waals surface area contributed by atoms with E-state index in [-0.39, 0.29) is 0 Å². The second kappa shape index (κ2) is 3.99. The van der Waals surface area contributed by atoms with Crippen LogP contribution in [-0.2, 0) is 0 Å². The van der Waals surface area contributed by atoms with Gasteiger partial charge in [-0.25, -0.2) is 0 Å². The van der Waals surface area contributed by atoms with E-state index in [1.54, 1.807) is 0 Å². The maximum atomic E-state index is 3.98. The number of benzene rings is 1. The minimum Gasteiger partial charge on any atom is -0.262 e. The molecule has 0 atom stereocenters. The van der Waals surface area contributed by atoms with Gasteiger partial charge in [-0.2, -0.15) is 0 Å². The minimum absolute atomic E-state index is 0.433. The summed E-state index contributed by atoms with van der Waals surface area (Å²) in [6, 6.07) is 5.90. The zero-order valence-corrected chi connectivity index (χ0v) is 8.12. The molecule has 1 rings (SSSR count). The summed E-state index contributed by atoms with van der Waals surface area (Å²) in [5, 5.41) is 0. The number of para-hydroxylation sites is 1. The topological polar surface area (TPSA) is 24.7 Å². The maximum Gasteiger partial charge on any atom is 0.0913 e. The molecule has 0 amide bonds. The van der Waals surface area contributed by atoms with Crippen LogP contribution in [0, 0.1) is 0 Å². The SMILES string of the molecule is C=Nc1cccc(C(C)C)c1N=C. The van der Waals surface area contributed by atoms with Crippen LogP contribution in [0.15, 0.2) is 28.2 Å². The van der Waals surface area contributed by atoms with E-state index in [0.29, 0.717) is 5.92 Å². The van der Waals surface area contributed by atoms with Gasteiger partial charge in [0.1, 0.15) is 0 Å². The van der Waals surface area contributed by atoms with Crippen LogP contribution in [0.5, 0.6) is 0 Å². The molecule has 0 aliphatic rings. The van der Waals surface area contributed by atoms with Crippen LogP contribution in [0.25, 0.3) is 0 Å². The molecule has 0 fully saturated rings. The minimum atomic E-state index is 0.433. The standard InChI is InChI=1S/C11H14N2/c1-8(2)9-6-5-7-10(12-3)11(9)13-4/h5-8H,3-4H2,1-2H3. The fourth-order valence-corrected chi connectivity index (χ4v) is 1.31. The molecule has 1 aromatic rings. The van der Waals surface area contributed by atoms with Crippen molar-refractivity contribution in [3.05, 3.63) is 23.8 Å². The van der Waals surface area contributed by atoms with Crippen molar-refractivity contribution in [2.75, 3.05) is 0 Å². The summed E-state index contributed by atoms with van der Waals surface area (Å²) < 4.78 is 0. The first kappa shape index (κ1) is 9.65. The summed E-state index contributed by atoms with van der Waals surface area (Å²) in [4.78, 5) is 7.88. The molecule has 0 aliphatic heterocycles. The highest BCUT2D eigenvalue weighted by Crippen LogP contribution is 2.34. The molecule has 13 heavy (non-hydrogen) atoms. The van der Waals surface area contributed by atoms with E-state index >= 15 is 0 Å². The third-order valence-electron chi connectivity index (χ3n) is 2.00. The lowest BCUT2D eigenvalue weighted by Crippen LogP contribution is -1.87. The first-order valence-electron chi connectivity index (χ1n) is 4.27. The second-order valence-electron chi connectivity index (χ2n) is 3.19. The van der Waals surface area contributed by atoms with E-state index in [2.05, 4.69) is 37.3 Å². The molecule has 68 valence electrons. The van der Waals surface area contributed by atoms with Crippen LogP contribution < -0.4 is 0 Å². The maximum absolute atomic E-state index is 3.98. The quantitative estimate of drug-likeness (QED) is 0.627. The molecule has 1 aromatic carbocycles. The van der Waals surface area contributed by atoms with Gasteiger partial charge in [0.15, 0.2) is 0 Å². The molecule has 0 spiro atoms. The van der Waals surface area contributed by atoms with E-state index in [4.69, 9.17) is 0 Å². The van der Waals surface area contributed by atoms with Crippen molar-refractivity contribution < 1.29 is 0 Å². The lowest BCUT2D eigenvalue weighted by atomic mass is 10.0. The molecule has 2 heteroatoms. The van der Waals surface area contributed by atoms with Crippen molar-refractivity contribution in [3.8, 4) is 0 Å². The highest BCUT2D eigenvalue weighted by molar-refractivity contribution is 5.70. The van der Waals surface area contributed by atoms with Crippen molar-refractivity contribution in [1.82, 2.24) is 0 Å². The Bertz CT molecular complexity index is 327. The van der Waals surface area contributed by atoms with Gasteiger partial charge in [-0.15, -0.1) is 0 Å². The van der Waals surface area contributed by atoms with E-state index < -0.39 is 0 Å². The van der Waals surface area contributed by atoms with Crippen LogP contribution >= 0.6 is 0 Å². The monoisotopic (exact) mass is 174 g/mol. The average Bonchev–Trinajstić information content (AvgIpc) is 2.16. The lowest BCUT2D eigenvalue weighted by molar-refractivity contribution is 0.867. The summed E-state index contributed by atoms with van der Waals surface area (Å²) in [6.07, 6.45) is 0. The highest BCUT2D eigenvalue weighted by Gasteiger charge is 2.07. The van der Waals surface area contributed by atoms with Gasteiger partial charge in [0.05, 0.1) is 11.4 Å². The third-order valence-corrected chi connectivity index (χ3v) is 2.00. The van der Waals surface area contributed by atoms with Crippen LogP contribution in [-0.4, -0.2) is 13.4 Å². The smallest absolute Gasteiger partial charge is 0.0913 e. The van der Waals surface area contributed by atoms with Gasteiger partial charge in [0.2, 0.25) is 0 Å². The van der Waals surface area contributed by atoms with Gasteiger partial charge in [-0.05, 0) is 31.0 Å². The Hall–Kier alpha value is -1.44. The summed E-state index contributed by atoms with van der Waals surface area (Å²) >= 11 is 0. The lowest BCUT2D eigenvalue weighted by Gasteiger charge is -2.10. The van der Waals surface area contributed by atoms with Crippen LogP contribution in [0.4, 0.5) is 11.4 Å². The Kier molecular flexibility index (Phi) is 2.96. The number of hydrogen-bond acceptors (Lipinski definition) is 2. The van der Waals surface area contributed by atoms with Crippen LogP contribution in [0.1, 0.15) is 25.3 Å². The van der Waals surface area contributed by atoms with Gasteiger partial charge >= 0.3 is 0 Å². The Morgan fingerprint density at radius 2 is 1.85 bits per heavy atom. The largest absolute Gasteiger partial charge is 0.262 e. The Balaban J connectivity index is 3.35. The van der Waals surface area contributed by atoms with Gasteiger partial charge in [-0.1, -0.05) is 26.0 Å². The molecule has 0 saturated carbocycles. The first-order chi connectivity index (χ1) is 6.20. The highest BCUT2D eigenvalue weighted by atomic mass is 14.8. The number of nitrogens with zero attached hydrogens (tertiary/aromatic N) is 2. The molecule has 0 unspecified atom stereocenters. The first-order valence-corrected chi connectivity index (χ1v) is 4.27. The van der Waals surface area contributed by atoms with E-state index in [9.17, 15) is 0 Å². The van der Waals surface area contributed by atoms with Crippen molar-refractivity contribution >= 4 is 24.8 Å². The Morgan fingerprint density at radius 1 is 1.15 bits per heavy atom. The molecular weight excluding hydrogens is 160 g/mol. The summed E-state index contributed by atoms with van der Waals surface area (Å²) in [6.45, 7) is 11.3. The van der Waals surface area contributed by atoms with E-state index in [1.807, 2.05) is 18.2 Å². The van der Waals surface area contributed by atoms with Crippen molar-refractivity contribution in [2.45, 2.75) is 19.8 Å². The van der Waals surface area contributed by atoms with Crippen molar-refractivity contribution in [2.24, 2.45) is 9.98 Å². The molecule has 2 nitrogen and oxygen atoms in total. The van der Waals surface area contributed by atoms with Gasteiger partial charge < -0.3 is 0 Å². The molecule has 0 radical (unpaired) electrons. The normalized spacial score (nSPS) is 10.1. The van der Waals surface area contributed by atoms with Gasteiger partial charge in [-0.3, -0.25) is 9.98 Å². The predicted octanol–water partition coefficient (Wildman–Crippen LogP) is 3.47. The van der Waals surface area contributed by atoms with E-state index in [1.165, 1.54) is 5.56 Å². The van der Waals surface area contributed by atoms with Crippen molar-refractivity contribution in [1.29, 1.82) is 0 Å². The zero-order valence-electron chi connectivity index (χ0n) is 8.12. The number of rotatable bonds is 3. The van der Waals surface area contributed by atoms with Crippen LogP contribution in [0.3, 0.4) is 0 Å². The summed E-state index contributed by atoms with van der Waals surface area (Å²) in [5.74, 6) is 0.433. The Labute approximate surface area is 79.0 Å². The molecule has 0 heterocycles. The predicted molar refractivity (Wildman–Crippen MR) is 58.9 cm³/mol. The summed E-state index contributed by atoms with van der Waals surface area (Å²) in [7, 11) is 0. The molecular formula is C11H14N2. The second-order valence-corrected chi connectivity index (χ2v) is 3.19. The molecule has 0 aliphatic carbocycles. The Morgan fingerprint density at radius 3 is 2.31 bits per heavy atom. The average molecular weight is 174 g/mol. The van der Waals surface area contributed by atoms with Crippen LogP contribution in [0.2, 0.25) is 0 Å². The fourth-order valence-electron chi connectivity index (χ4n) is 1.31. The molecule has 0 aromatic heterocycles. The molecule has 0 bridgehead atoms.